The Morgan fingerprint density at radius 2 is 1.44 bits per heavy atom. The maximum absolute atomic E-state index is 13.0. The third-order valence-electron chi connectivity index (χ3n) is 4.53. The maximum Gasteiger partial charge on any atom is 0.242 e. The minimum atomic E-state index is -0.497. The van der Waals surface area contributed by atoms with Crippen molar-refractivity contribution < 1.29 is 9.59 Å². The molecule has 2 amide bonds. The van der Waals surface area contributed by atoms with Gasteiger partial charge in [-0.2, -0.15) is 0 Å². The Hall–Kier alpha value is -2.62. The van der Waals surface area contributed by atoms with E-state index in [9.17, 15) is 9.59 Å². The summed E-state index contributed by atoms with van der Waals surface area (Å²) in [6, 6.07) is 19.2. The van der Waals surface area contributed by atoms with Gasteiger partial charge < -0.3 is 10.2 Å². The Bertz CT molecular complexity index is 714. The molecule has 1 atom stereocenters. The highest BCUT2D eigenvalue weighted by molar-refractivity contribution is 5.88. The van der Waals surface area contributed by atoms with Gasteiger partial charge in [0.05, 0.1) is 6.42 Å². The van der Waals surface area contributed by atoms with Crippen LogP contribution in [0, 0.1) is 5.92 Å². The molecule has 4 heteroatoms. The Morgan fingerprint density at radius 1 is 0.889 bits per heavy atom. The van der Waals surface area contributed by atoms with E-state index in [-0.39, 0.29) is 11.8 Å². The number of rotatable bonds is 9. The molecule has 0 saturated heterocycles. The topological polar surface area (TPSA) is 49.4 Å². The van der Waals surface area contributed by atoms with Crippen LogP contribution in [0.3, 0.4) is 0 Å². The average molecular weight is 367 g/mol. The van der Waals surface area contributed by atoms with Crippen molar-refractivity contribution in [3.05, 3.63) is 71.8 Å². The molecule has 2 aromatic carbocycles. The first kappa shape index (κ1) is 20.7. The molecule has 1 N–H and O–H groups in total. The molecule has 0 fully saturated rings. The lowest BCUT2D eigenvalue weighted by atomic mass is 10.1. The van der Waals surface area contributed by atoms with E-state index < -0.39 is 6.04 Å². The Labute approximate surface area is 162 Å². The van der Waals surface area contributed by atoms with E-state index >= 15 is 0 Å². The number of benzene rings is 2. The zero-order valence-corrected chi connectivity index (χ0v) is 16.5. The largest absolute Gasteiger partial charge is 0.354 e. The molecule has 2 rings (SSSR count). The van der Waals surface area contributed by atoms with Gasteiger partial charge in [-0.05, 0) is 30.4 Å². The summed E-state index contributed by atoms with van der Waals surface area (Å²) >= 11 is 0. The van der Waals surface area contributed by atoms with Crippen LogP contribution in [0.1, 0.15) is 31.9 Å². The summed E-state index contributed by atoms with van der Waals surface area (Å²) in [6.45, 7) is 7.05. The van der Waals surface area contributed by atoms with E-state index in [1.165, 1.54) is 0 Å². The molecule has 0 heterocycles. The normalized spacial score (nSPS) is 11.9. The van der Waals surface area contributed by atoms with E-state index in [1.54, 1.807) is 4.90 Å². The second-order valence-corrected chi connectivity index (χ2v) is 7.30. The molecule has 2 aromatic rings. The predicted octanol–water partition coefficient (Wildman–Crippen LogP) is 3.46. The van der Waals surface area contributed by atoms with E-state index in [0.717, 1.165) is 17.5 Å². The van der Waals surface area contributed by atoms with Gasteiger partial charge >= 0.3 is 0 Å². The zero-order chi connectivity index (χ0) is 19.6. The first-order valence-electron chi connectivity index (χ1n) is 9.62. The fraction of sp³-hybridized carbons (Fsp3) is 0.391. The number of carbonyl (C=O) groups is 2. The van der Waals surface area contributed by atoms with Crippen LogP contribution in [0.4, 0.5) is 0 Å². The monoisotopic (exact) mass is 366 g/mol. The minimum Gasteiger partial charge on any atom is -0.354 e. The van der Waals surface area contributed by atoms with Crippen molar-refractivity contribution in [3.8, 4) is 0 Å². The summed E-state index contributed by atoms with van der Waals surface area (Å²) in [7, 11) is 0. The second kappa shape index (κ2) is 10.5. The van der Waals surface area contributed by atoms with E-state index in [4.69, 9.17) is 0 Å². The van der Waals surface area contributed by atoms with Gasteiger partial charge in [0.2, 0.25) is 11.8 Å². The molecule has 27 heavy (non-hydrogen) atoms. The van der Waals surface area contributed by atoms with Gasteiger partial charge in [0.15, 0.2) is 0 Å². The van der Waals surface area contributed by atoms with Gasteiger partial charge in [-0.1, -0.05) is 74.5 Å². The van der Waals surface area contributed by atoms with E-state index in [1.807, 2.05) is 67.6 Å². The molecular weight excluding hydrogens is 336 g/mol. The zero-order valence-electron chi connectivity index (χ0n) is 16.5. The number of hydrogen-bond donors (Lipinski definition) is 1. The summed E-state index contributed by atoms with van der Waals surface area (Å²) < 4.78 is 0. The second-order valence-electron chi connectivity index (χ2n) is 7.30. The molecule has 0 unspecified atom stereocenters. The van der Waals surface area contributed by atoms with Crippen LogP contribution in [0.15, 0.2) is 60.7 Å². The van der Waals surface area contributed by atoms with Crippen LogP contribution in [-0.4, -0.2) is 35.8 Å². The number of hydrogen-bond acceptors (Lipinski definition) is 2. The third-order valence-corrected chi connectivity index (χ3v) is 4.53. The molecule has 4 nitrogen and oxygen atoms in total. The van der Waals surface area contributed by atoms with Gasteiger partial charge in [0.1, 0.15) is 6.04 Å². The molecule has 0 bridgehead atoms. The van der Waals surface area contributed by atoms with Gasteiger partial charge in [0, 0.05) is 13.1 Å². The number of amides is 2. The van der Waals surface area contributed by atoms with Crippen molar-refractivity contribution in [3.63, 3.8) is 0 Å². The lowest BCUT2D eigenvalue weighted by molar-refractivity contribution is -0.139. The van der Waals surface area contributed by atoms with Gasteiger partial charge in [-0.3, -0.25) is 9.59 Å². The Morgan fingerprint density at radius 3 is 2.00 bits per heavy atom. The van der Waals surface area contributed by atoms with Gasteiger partial charge in [-0.15, -0.1) is 0 Å². The molecule has 0 saturated carbocycles. The summed E-state index contributed by atoms with van der Waals surface area (Å²) in [5.74, 6) is 0.251. The molecule has 0 spiro atoms. The molecular formula is C23H30N2O2. The van der Waals surface area contributed by atoms with Crippen LogP contribution in [0.25, 0.3) is 0 Å². The highest BCUT2D eigenvalue weighted by atomic mass is 16.2. The Kier molecular flexibility index (Phi) is 8.05. The third kappa shape index (κ3) is 6.89. The van der Waals surface area contributed by atoms with E-state index in [2.05, 4.69) is 19.2 Å². The summed E-state index contributed by atoms with van der Waals surface area (Å²) in [4.78, 5) is 27.2. The smallest absolute Gasteiger partial charge is 0.242 e. The lowest BCUT2D eigenvalue weighted by Crippen LogP contribution is -2.49. The van der Waals surface area contributed by atoms with Gasteiger partial charge in [-0.25, -0.2) is 0 Å². The van der Waals surface area contributed by atoms with Crippen LogP contribution in [0.5, 0.6) is 0 Å². The SMILES string of the molecule is CC(C)CNC(=O)[C@H](C)N(CCc1ccccc1)C(=O)Cc1ccccc1. The molecule has 0 aliphatic carbocycles. The van der Waals surface area contributed by atoms with Crippen LogP contribution >= 0.6 is 0 Å². The summed E-state index contributed by atoms with van der Waals surface area (Å²) in [5, 5.41) is 2.95. The standard InChI is InChI=1S/C23H30N2O2/c1-18(2)17-24-23(27)19(3)25(15-14-20-10-6-4-7-11-20)22(26)16-21-12-8-5-9-13-21/h4-13,18-19H,14-17H2,1-3H3,(H,24,27)/t19-/m0/s1. The maximum atomic E-state index is 13.0. The quantitative estimate of drug-likeness (QED) is 0.739. The first-order chi connectivity index (χ1) is 13.0. The highest BCUT2D eigenvalue weighted by Gasteiger charge is 2.25. The summed E-state index contributed by atoms with van der Waals surface area (Å²) in [5.41, 5.74) is 2.12. The number of nitrogens with zero attached hydrogens (tertiary/aromatic N) is 1. The molecule has 0 aromatic heterocycles. The molecule has 0 radical (unpaired) electrons. The van der Waals surface area contributed by atoms with Crippen molar-refractivity contribution in [2.24, 2.45) is 5.92 Å². The van der Waals surface area contributed by atoms with Gasteiger partial charge in [0.25, 0.3) is 0 Å². The van der Waals surface area contributed by atoms with Crippen LogP contribution < -0.4 is 5.32 Å². The molecule has 0 aliphatic heterocycles. The van der Waals surface area contributed by atoms with Crippen molar-refractivity contribution in [1.29, 1.82) is 0 Å². The fourth-order valence-electron chi connectivity index (χ4n) is 2.89. The molecule has 144 valence electrons. The fourth-order valence-corrected chi connectivity index (χ4v) is 2.89. The molecule has 0 aliphatic rings. The van der Waals surface area contributed by atoms with Crippen molar-refractivity contribution >= 4 is 11.8 Å². The predicted molar refractivity (Wildman–Crippen MR) is 109 cm³/mol. The van der Waals surface area contributed by atoms with Crippen molar-refractivity contribution in [2.45, 2.75) is 39.7 Å². The summed E-state index contributed by atoms with van der Waals surface area (Å²) in [6.07, 6.45) is 1.03. The first-order valence-corrected chi connectivity index (χ1v) is 9.62. The number of nitrogens with one attached hydrogen (secondary N) is 1. The average Bonchev–Trinajstić information content (AvgIpc) is 2.67. The Balaban J connectivity index is 2.08. The van der Waals surface area contributed by atoms with Crippen molar-refractivity contribution in [1.82, 2.24) is 10.2 Å². The number of carbonyl (C=O) groups excluding carboxylic acids is 2. The van der Waals surface area contributed by atoms with Crippen LogP contribution in [-0.2, 0) is 22.4 Å². The minimum absolute atomic E-state index is 0.0238. The lowest BCUT2D eigenvalue weighted by Gasteiger charge is -2.29. The van der Waals surface area contributed by atoms with E-state index in [0.29, 0.717) is 25.4 Å². The van der Waals surface area contributed by atoms with Crippen molar-refractivity contribution in [2.75, 3.05) is 13.1 Å². The highest BCUT2D eigenvalue weighted by Crippen LogP contribution is 2.10. The van der Waals surface area contributed by atoms with Crippen LogP contribution in [0.2, 0.25) is 0 Å².